The van der Waals surface area contributed by atoms with Gasteiger partial charge in [-0.1, -0.05) is 104 Å². The molecule has 5 rings (SSSR count). The zero-order valence-electron chi connectivity index (χ0n) is 51.5. The minimum atomic E-state index is -1.63. The van der Waals surface area contributed by atoms with E-state index in [4.69, 9.17) is 18.9 Å². The van der Waals surface area contributed by atoms with Crippen LogP contribution < -0.4 is 0 Å². The van der Waals surface area contributed by atoms with Gasteiger partial charge in [-0.15, -0.1) is 0 Å². The van der Waals surface area contributed by atoms with E-state index in [0.29, 0.717) is 22.3 Å². The molecule has 0 unspecified atom stereocenters. The van der Waals surface area contributed by atoms with Crippen LogP contribution in [0.1, 0.15) is 117 Å². The zero-order chi connectivity index (χ0) is 64.0. The molecule has 0 bridgehead atoms. The van der Waals surface area contributed by atoms with Gasteiger partial charge in [0.15, 0.2) is 24.4 Å². The van der Waals surface area contributed by atoms with Crippen molar-refractivity contribution >= 4 is 59.1 Å². The van der Waals surface area contributed by atoms with Gasteiger partial charge in [-0.2, -0.15) is 9.36 Å². The van der Waals surface area contributed by atoms with Crippen molar-refractivity contribution in [2.24, 2.45) is 23.7 Å². The Morgan fingerprint density at radius 1 is 0.419 bits per heavy atom. The highest BCUT2D eigenvalue weighted by Crippen LogP contribution is 2.25. The maximum absolute atomic E-state index is 15.0. The predicted octanol–water partition coefficient (Wildman–Crippen LogP) is 5.97. The largest absolute Gasteiger partial charge is 0.451 e. The van der Waals surface area contributed by atoms with Crippen LogP contribution in [0.2, 0.25) is 0 Å². The van der Waals surface area contributed by atoms with Crippen LogP contribution in [0.3, 0.4) is 0 Å². The van der Waals surface area contributed by atoms with Crippen LogP contribution >= 0.6 is 0 Å². The van der Waals surface area contributed by atoms with Crippen LogP contribution in [0, 0.1) is 43.9 Å². The van der Waals surface area contributed by atoms with Crippen molar-refractivity contribution in [1.29, 1.82) is 0 Å². The summed E-state index contributed by atoms with van der Waals surface area (Å²) in [7, 11) is 5.34. The summed E-state index contributed by atoms with van der Waals surface area (Å²) in [5.74, 6) is -8.90. The molecule has 26 heteroatoms. The summed E-state index contributed by atoms with van der Waals surface area (Å²) < 4.78 is 26.8. The number of ether oxygens (including phenoxy) is 4. The van der Waals surface area contributed by atoms with Crippen molar-refractivity contribution < 1.29 is 67.2 Å². The SMILES string of the molecule is CC(C)C[C@H]1C(=O)O[C@H](Cc2ccc(Cn3ccc([N+](=O)[O-])n3)cc2)C(=O)N(C)[C@@H](CC(C)C)C(=O)O[C@H](C)C(=O)N(C)[C@@H](CC(C)C)C(=O)O[C@H](Cc2ccc(Cn3ccc([N+](=O)[O-])n3)cc2)C(=O)N(C)[C@@H](CC(C)C)C(=O)O[C@H](C)C(=O)N1C. The summed E-state index contributed by atoms with van der Waals surface area (Å²) in [6, 6.07) is 10.6. The molecule has 0 aliphatic carbocycles. The van der Waals surface area contributed by atoms with Crippen LogP contribution in [0.4, 0.5) is 11.6 Å². The normalized spacial score (nSPS) is 22.3. The van der Waals surface area contributed by atoms with Gasteiger partial charge in [0.05, 0.1) is 47.8 Å². The van der Waals surface area contributed by atoms with Gasteiger partial charge in [0.25, 0.3) is 23.6 Å². The average Bonchev–Trinajstić information content (AvgIpc) is 2.66. The van der Waals surface area contributed by atoms with Crippen molar-refractivity contribution in [3.8, 4) is 0 Å². The van der Waals surface area contributed by atoms with Crippen LogP contribution in [0.5, 0.6) is 0 Å². The van der Waals surface area contributed by atoms with E-state index in [0.717, 1.165) is 19.6 Å². The number of aromatic nitrogens is 4. The second kappa shape index (κ2) is 30.5. The van der Waals surface area contributed by atoms with Gasteiger partial charge in [0.1, 0.15) is 24.2 Å². The third kappa shape index (κ3) is 18.7. The zero-order valence-corrected chi connectivity index (χ0v) is 51.5. The number of amides is 4. The Bertz CT molecular complexity index is 2830. The number of likely N-dealkylation sites (N-methyl/N-ethyl adjacent to an activating group) is 4. The van der Waals surface area contributed by atoms with Crippen molar-refractivity contribution in [2.75, 3.05) is 28.2 Å². The molecule has 2 aromatic carbocycles. The molecule has 0 spiro atoms. The molecule has 26 nitrogen and oxygen atoms in total. The molecule has 8 atom stereocenters. The standard InChI is InChI=1S/C60H82N10O16/c1-35(2)27-45-57(75)83-39(9)53(71)63(11)48(30-38(7)8)60(78)86-50(32-42-17-21-44(22-18-42)34-68-26-24-52(62-68)70(81)82)56(74)66(14)46(28-36(3)4)58(76)84-40(10)54(72)64(12)47(29-37(5)6)59(77)85-49(55(73)65(45)13)31-41-15-19-43(20-16-41)33-67-25-23-51(61-67)69(79)80/h15-26,35-40,45-50H,27-34H2,1-14H3/t39-,40-,45+,46+,47+,48+,49-,50-/m1/s1. The Morgan fingerprint density at radius 3 is 0.930 bits per heavy atom. The van der Waals surface area contributed by atoms with E-state index in [1.54, 1.807) is 104 Å². The summed E-state index contributed by atoms with van der Waals surface area (Å²) in [5.41, 5.74) is 2.37. The first-order valence-corrected chi connectivity index (χ1v) is 28.7. The van der Waals surface area contributed by atoms with E-state index in [9.17, 15) is 49.0 Å². The van der Waals surface area contributed by atoms with E-state index in [2.05, 4.69) is 10.2 Å². The number of nitrogens with zero attached hydrogens (tertiary/aromatic N) is 10. The molecule has 0 N–H and O–H groups in total. The number of rotatable bonds is 18. The number of hydrogen-bond donors (Lipinski definition) is 0. The maximum Gasteiger partial charge on any atom is 0.389 e. The first-order valence-electron chi connectivity index (χ1n) is 28.7. The molecule has 0 radical (unpaired) electrons. The van der Waals surface area contributed by atoms with Gasteiger partial charge < -0.3 is 58.8 Å². The molecule has 2 aromatic heterocycles. The lowest BCUT2D eigenvalue weighted by molar-refractivity contribution is -0.390. The molecule has 1 saturated heterocycles. The molecular formula is C60H82N10O16. The molecule has 86 heavy (non-hydrogen) atoms. The van der Waals surface area contributed by atoms with Crippen molar-refractivity contribution in [3.63, 3.8) is 0 Å². The number of nitro groups is 2. The average molecular weight is 1200 g/mol. The van der Waals surface area contributed by atoms with E-state index >= 15 is 9.59 Å². The second-order valence-electron chi connectivity index (χ2n) is 23.7. The van der Waals surface area contributed by atoms with Crippen LogP contribution in [-0.2, 0) is 83.2 Å². The first kappa shape index (κ1) is 68.2. The van der Waals surface area contributed by atoms with Crippen molar-refractivity contribution in [3.05, 3.63) is 116 Å². The molecule has 1 fully saturated rings. The Kier molecular flexibility index (Phi) is 24.2. The monoisotopic (exact) mass is 1200 g/mol. The Balaban J connectivity index is 1.58. The van der Waals surface area contributed by atoms with Gasteiger partial charge in [-0.3, -0.25) is 19.2 Å². The van der Waals surface area contributed by atoms with Gasteiger partial charge in [-0.25, -0.2) is 19.2 Å². The van der Waals surface area contributed by atoms with Crippen molar-refractivity contribution in [2.45, 2.75) is 169 Å². The number of esters is 4. The number of carbonyl (C=O) groups is 8. The molecule has 1 aliphatic heterocycles. The van der Waals surface area contributed by atoms with Crippen molar-refractivity contribution in [1.82, 2.24) is 39.2 Å². The van der Waals surface area contributed by atoms with E-state index in [1.807, 2.05) is 0 Å². The fourth-order valence-electron chi connectivity index (χ4n) is 9.92. The predicted molar refractivity (Wildman–Crippen MR) is 311 cm³/mol. The smallest absolute Gasteiger partial charge is 0.389 e. The lowest BCUT2D eigenvalue weighted by Gasteiger charge is -2.35. The Hall–Kier alpha value is -8.58. The quantitative estimate of drug-likeness (QED) is 0.0479. The topological polar surface area (TPSA) is 308 Å². The maximum atomic E-state index is 15.0. The number of benzene rings is 2. The Morgan fingerprint density at radius 2 is 0.674 bits per heavy atom. The first-order chi connectivity index (χ1) is 40.3. The van der Waals surface area contributed by atoms with Crippen LogP contribution in [0.15, 0.2) is 73.1 Å². The van der Waals surface area contributed by atoms with Crippen LogP contribution in [-0.4, -0.2) is 173 Å². The summed E-state index contributed by atoms with van der Waals surface area (Å²) in [4.78, 5) is 143. The lowest BCUT2D eigenvalue weighted by atomic mass is 9.99. The van der Waals surface area contributed by atoms with E-state index < -0.39 is 106 Å². The fraction of sp³-hybridized carbons (Fsp3) is 0.567. The van der Waals surface area contributed by atoms with Gasteiger partial charge >= 0.3 is 35.5 Å². The number of cyclic esters (lactones) is 4. The minimum Gasteiger partial charge on any atom is -0.451 e. The summed E-state index contributed by atoms with van der Waals surface area (Å²) in [6.07, 6.45) is -3.85. The molecule has 468 valence electrons. The Labute approximate surface area is 500 Å². The van der Waals surface area contributed by atoms with Gasteiger partial charge in [-0.05, 0) is 95.3 Å². The van der Waals surface area contributed by atoms with E-state index in [1.165, 1.54) is 75.9 Å². The highest BCUT2D eigenvalue weighted by molar-refractivity contribution is 5.94. The second-order valence-corrected chi connectivity index (χ2v) is 23.7. The molecular weight excluding hydrogens is 1120 g/mol. The molecule has 4 aromatic rings. The van der Waals surface area contributed by atoms with Gasteiger partial charge in [0, 0.05) is 41.0 Å². The molecule has 1 aliphatic rings. The van der Waals surface area contributed by atoms with E-state index in [-0.39, 0.29) is 86.9 Å². The highest BCUT2D eigenvalue weighted by Gasteiger charge is 2.43. The van der Waals surface area contributed by atoms with Gasteiger partial charge in [0.2, 0.25) is 0 Å². The summed E-state index contributed by atoms with van der Waals surface area (Å²) >= 11 is 0. The third-order valence-corrected chi connectivity index (χ3v) is 14.7. The summed E-state index contributed by atoms with van der Waals surface area (Å²) in [6.45, 7) is 17.4. The summed E-state index contributed by atoms with van der Waals surface area (Å²) in [5, 5.41) is 30.5. The fourth-order valence-corrected chi connectivity index (χ4v) is 9.92. The molecule has 0 saturated carbocycles. The number of hydrogen-bond acceptors (Lipinski definition) is 18. The highest BCUT2D eigenvalue weighted by atomic mass is 16.6. The molecule has 4 amide bonds. The lowest BCUT2D eigenvalue weighted by Crippen LogP contribution is -2.55. The minimum absolute atomic E-state index is 0.0185. The third-order valence-electron chi connectivity index (χ3n) is 14.7. The number of carbonyl (C=O) groups excluding carboxylic acids is 8. The van der Waals surface area contributed by atoms with Crippen LogP contribution in [0.25, 0.3) is 0 Å². The molecule has 3 heterocycles.